The number of rotatable bonds is 5. The van der Waals surface area contributed by atoms with E-state index in [0.29, 0.717) is 0 Å². The summed E-state index contributed by atoms with van der Waals surface area (Å²) in [4.78, 5) is 23.8. The molecule has 1 unspecified atom stereocenters. The lowest BCUT2D eigenvalue weighted by atomic mass is 10.0. The Bertz CT molecular complexity index is 229. The van der Waals surface area contributed by atoms with Gasteiger partial charge in [-0.25, -0.2) is 0 Å². The van der Waals surface area contributed by atoms with Crippen LogP contribution in [0.1, 0.15) is 20.3 Å². The van der Waals surface area contributed by atoms with Gasteiger partial charge in [0.15, 0.2) is 0 Å². The Labute approximate surface area is 90.6 Å². The second-order valence-corrected chi connectivity index (χ2v) is 3.94. The maximum Gasteiger partial charge on any atom is 0.325 e. The third kappa shape index (κ3) is 5.37. The van der Waals surface area contributed by atoms with Crippen LogP contribution in [-0.2, 0) is 14.3 Å². The lowest BCUT2D eigenvalue weighted by Crippen LogP contribution is -2.38. The lowest BCUT2D eigenvalue weighted by molar-refractivity contribution is -0.146. The summed E-state index contributed by atoms with van der Waals surface area (Å²) in [6, 6.07) is -0.169. The minimum Gasteiger partial charge on any atom is -0.468 e. The second kappa shape index (κ2) is 6.40. The van der Waals surface area contributed by atoms with Crippen molar-refractivity contribution in [2.75, 3.05) is 20.7 Å². The molecule has 0 heterocycles. The van der Waals surface area contributed by atoms with Gasteiger partial charge in [-0.2, -0.15) is 0 Å². The van der Waals surface area contributed by atoms with Gasteiger partial charge in [-0.05, 0) is 5.92 Å². The van der Waals surface area contributed by atoms with Crippen molar-refractivity contribution >= 4 is 11.9 Å². The molecule has 0 aromatic carbocycles. The number of nitrogens with two attached hydrogens (primary N) is 1. The van der Waals surface area contributed by atoms with Crippen LogP contribution in [0, 0.1) is 5.92 Å². The molecule has 0 spiro atoms. The third-order valence-electron chi connectivity index (χ3n) is 2.29. The Morgan fingerprint density at radius 3 is 2.33 bits per heavy atom. The van der Waals surface area contributed by atoms with Crippen molar-refractivity contribution in [3.63, 3.8) is 0 Å². The van der Waals surface area contributed by atoms with E-state index >= 15 is 0 Å². The largest absolute Gasteiger partial charge is 0.468 e. The number of hydrogen-bond acceptors (Lipinski definition) is 4. The number of nitrogens with zero attached hydrogens (tertiary/aromatic N) is 1. The molecule has 1 atom stereocenters. The molecule has 0 aromatic rings. The molecule has 0 aliphatic rings. The van der Waals surface area contributed by atoms with Gasteiger partial charge < -0.3 is 15.4 Å². The minimum atomic E-state index is -0.427. The minimum absolute atomic E-state index is 0.0276. The molecule has 5 nitrogen and oxygen atoms in total. The van der Waals surface area contributed by atoms with E-state index < -0.39 is 5.97 Å². The highest BCUT2D eigenvalue weighted by molar-refractivity contribution is 5.82. The van der Waals surface area contributed by atoms with E-state index in [0.717, 1.165) is 0 Å². The fraction of sp³-hybridized carbons (Fsp3) is 0.800. The summed E-state index contributed by atoms with van der Waals surface area (Å²) in [5.74, 6) is -0.314. The summed E-state index contributed by atoms with van der Waals surface area (Å²) in [6.07, 6.45) is 0.255. The highest BCUT2D eigenvalue weighted by Crippen LogP contribution is 2.04. The normalized spacial score (nSPS) is 12.4. The van der Waals surface area contributed by atoms with Crippen LogP contribution in [0.5, 0.6) is 0 Å². The van der Waals surface area contributed by atoms with Gasteiger partial charge >= 0.3 is 5.97 Å². The van der Waals surface area contributed by atoms with Crippen molar-refractivity contribution < 1.29 is 14.3 Å². The Balaban J connectivity index is 4.04. The summed E-state index contributed by atoms with van der Waals surface area (Å²) >= 11 is 0. The Morgan fingerprint density at radius 1 is 1.40 bits per heavy atom. The summed E-state index contributed by atoms with van der Waals surface area (Å²) in [5.41, 5.74) is 5.75. The van der Waals surface area contributed by atoms with Gasteiger partial charge in [0.1, 0.15) is 6.54 Å². The zero-order valence-electron chi connectivity index (χ0n) is 9.82. The van der Waals surface area contributed by atoms with E-state index in [2.05, 4.69) is 4.74 Å². The third-order valence-corrected chi connectivity index (χ3v) is 2.29. The highest BCUT2D eigenvalue weighted by Gasteiger charge is 2.18. The quantitative estimate of drug-likeness (QED) is 0.656. The number of methoxy groups -OCH3 is 1. The van der Waals surface area contributed by atoms with Crippen LogP contribution in [-0.4, -0.2) is 43.5 Å². The van der Waals surface area contributed by atoms with Crippen molar-refractivity contribution in [1.29, 1.82) is 0 Å². The summed E-state index contributed by atoms with van der Waals surface area (Å²) in [6.45, 7) is 3.89. The van der Waals surface area contributed by atoms with E-state index in [4.69, 9.17) is 5.73 Å². The predicted octanol–water partition coefficient (Wildman–Crippen LogP) is -0.00880. The molecular weight excluding hydrogens is 196 g/mol. The molecule has 0 saturated carbocycles. The highest BCUT2D eigenvalue weighted by atomic mass is 16.5. The number of carbonyl (C=O) groups excluding carboxylic acids is 2. The van der Waals surface area contributed by atoms with Crippen molar-refractivity contribution in [2.24, 2.45) is 11.7 Å². The first-order chi connectivity index (χ1) is 6.88. The molecule has 0 fully saturated rings. The van der Waals surface area contributed by atoms with Crippen molar-refractivity contribution in [2.45, 2.75) is 26.3 Å². The van der Waals surface area contributed by atoms with Crippen LogP contribution >= 0.6 is 0 Å². The topological polar surface area (TPSA) is 72.6 Å². The average molecular weight is 216 g/mol. The molecule has 0 radical (unpaired) electrons. The SMILES string of the molecule is COC(=O)CN(C)C(=O)CC(N)C(C)C. The summed E-state index contributed by atoms with van der Waals surface area (Å²) in [5, 5.41) is 0. The predicted molar refractivity (Wildman–Crippen MR) is 57.1 cm³/mol. The maximum absolute atomic E-state index is 11.5. The van der Waals surface area contributed by atoms with E-state index in [1.54, 1.807) is 7.05 Å². The smallest absolute Gasteiger partial charge is 0.325 e. The van der Waals surface area contributed by atoms with Crippen LogP contribution in [0.4, 0.5) is 0 Å². The first kappa shape index (κ1) is 13.9. The van der Waals surface area contributed by atoms with Crippen LogP contribution in [0.2, 0.25) is 0 Å². The first-order valence-electron chi connectivity index (χ1n) is 4.94. The number of amides is 1. The maximum atomic E-state index is 11.5. The molecular formula is C10H20N2O3. The van der Waals surface area contributed by atoms with Gasteiger partial charge in [0.2, 0.25) is 5.91 Å². The zero-order valence-corrected chi connectivity index (χ0v) is 9.82. The van der Waals surface area contributed by atoms with Crippen LogP contribution in [0.15, 0.2) is 0 Å². The van der Waals surface area contributed by atoms with Crippen molar-refractivity contribution in [1.82, 2.24) is 4.90 Å². The standard InChI is InChI=1S/C10H20N2O3/c1-7(2)8(11)5-9(13)12(3)6-10(14)15-4/h7-8H,5-6,11H2,1-4H3. The van der Waals surface area contributed by atoms with Gasteiger partial charge in [-0.1, -0.05) is 13.8 Å². The fourth-order valence-corrected chi connectivity index (χ4v) is 0.940. The van der Waals surface area contributed by atoms with E-state index in [1.165, 1.54) is 12.0 Å². The second-order valence-electron chi connectivity index (χ2n) is 3.94. The van der Waals surface area contributed by atoms with Gasteiger partial charge in [-0.3, -0.25) is 9.59 Å². The zero-order chi connectivity index (χ0) is 12.0. The van der Waals surface area contributed by atoms with Crippen molar-refractivity contribution in [3.05, 3.63) is 0 Å². The van der Waals surface area contributed by atoms with Crippen LogP contribution < -0.4 is 5.73 Å². The average Bonchev–Trinajstić information content (AvgIpc) is 2.16. The monoisotopic (exact) mass is 216 g/mol. The number of ether oxygens (including phenoxy) is 1. The molecule has 0 aliphatic carbocycles. The molecule has 0 rings (SSSR count). The Hall–Kier alpha value is -1.10. The van der Waals surface area contributed by atoms with Gasteiger partial charge in [0.25, 0.3) is 0 Å². The van der Waals surface area contributed by atoms with Gasteiger partial charge in [0.05, 0.1) is 7.11 Å². The molecule has 15 heavy (non-hydrogen) atoms. The number of carbonyl (C=O) groups is 2. The van der Waals surface area contributed by atoms with Gasteiger partial charge in [0, 0.05) is 19.5 Å². The summed E-state index contributed by atoms with van der Waals surface area (Å²) < 4.78 is 4.46. The van der Waals surface area contributed by atoms with E-state index in [1.807, 2.05) is 13.8 Å². The molecule has 0 saturated heterocycles. The molecule has 5 heteroatoms. The number of hydrogen-bond donors (Lipinski definition) is 1. The Kier molecular flexibility index (Phi) is 5.93. The molecule has 0 aliphatic heterocycles. The Morgan fingerprint density at radius 2 is 1.93 bits per heavy atom. The summed E-state index contributed by atoms with van der Waals surface area (Å²) in [7, 11) is 2.85. The number of likely N-dealkylation sites (N-methyl/N-ethyl adjacent to an activating group) is 1. The van der Waals surface area contributed by atoms with Gasteiger partial charge in [-0.15, -0.1) is 0 Å². The molecule has 0 bridgehead atoms. The first-order valence-corrected chi connectivity index (χ1v) is 4.94. The van der Waals surface area contributed by atoms with E-state index in [9.17, 15) is 9.59 Å². The van der Waals surface area contributed by atoms with Crippen molar-refractivity contribution in [3.8, 4) is 0 Å². The van der Waals surface area contributed by atoms with E-state index in [-0.39, 0.29) is 30.8 Å². The molecule has 0 aromatic heterocycles. The molecule has 2 N–H and O–H groups in total. The fourth-order valence-electron chi connectivity index (χ4n) is 0.940. The number of esters is 1. The van der Waals surface area contributed by atoms with Crippen LogP contribution in [0.3, 0.4) is 0 Å². The molecule has 1 amide bonds. The lowest BCUT2D eigenvalue weighted by Gasteiger charge is -2.20. The molecule has 88 valence electrons. The van der Waals surface area contributed by atoms with Crippen LogP contribution in [0.25, 0.3) is 0 Å².